The number of anilines is 1. The number of pyridine rings is 1. The smallest absolute Gasteiger partial charge is 0.406 e. The standard InChI is InChI=1S/C21H15F3N4O4S/c22-21(23,24)32-14-7-5-13(6-8-14)26-17(29)12-27-16-4-1-9-25-18(16)19(30)28(20(27)31)11-15-3-2-10-33-15/h1-10H,11-12H2,(H,26,29). The summed E-state index contributed by atoms with van der Waals surface area (Å²) in [5, 5.41) is 4.33. The number of hydrogen-bond donors (Lipinski definition) is 1. The van der Waals surface area contributed by atoms with Gasteiger partial charge in [-0.25, -0.2) is 9.78 Å². The van der Waals surface area contributed by atoms with Crippen molar-refractivity contribution in [3.8, 4) is 5.75 Å². The summed E-state index contributed by atoms with van der Waals surface area (Å²) in [6.07, 6.45) is -3.41. The van der Waals surface area contributed by atoms with Gasteiger partial charge < -0.3 is 10.1 Å². The van der Waals surface area contributed by atoms with Gasteiger partial charge in [0.05, 0.1) is 12.1 Å². The summed E-state index contributed by atoms with van der Waals surface area (Å²) in [7, 11) is 0. The van der Waals surface area contributed by atoms with E-state index in [2.05, 4.69) is 15.0 Å². The largest absolute Gasteiger partial charge is 0.573 e. The molecule has 0 aliphatic rings. The maximum absolute atomic E-state index is 13.1. The van der Waals surface area contributed by atoms with Gasteiger partial charge in [0.25, 0.3) is 5.56 Å². The summed E-state index contributed by atoms with van der Waals surface area (Å²) >= 11 is 1.38. The summed E-state index contributed by atoms with van der Waals surface area (Å²) in [6, 6.07) is 11.2. The average Bonchev–Trinajstić information content (AvgIpc) is 3.28. The normalized spacial score (nSPS) is 11.5. The minimum Gasteiger partial charge on any atom is -0.406 e. The van der Waals surface area contributed by atoms with Gasteiger partial charge in [0.15, 0.2) is 5.52 Å². The first-order chi connectivity index (χ1) is 15.7. The van der Waals surface area contributed by atoms with E-state index in [4.69, 9.17) is 0 Å². The van der Waals surface area contributed by atoms with Crippen molar-refractivity contribution >= 4 is 34.0 Å². The number of nitrogens with one attached hydrogen (secondary N) is 1. The molecule has 1 amide bonds. The number of carbonyl (C=O) groups excluding carboxylic acids is 1. The molecule has 1 aromatic carbocycles. The Kier molecular flexibility index (Phi) is 6.01. The summed E-state index contributed by atoms with van der Waals surface area (Å²) in [6.45, 7) is -0.406. The molecule has 8 nitrogen and oxygen atoms in total. The molecule has 0 unspecified atom stereocenters. The molecule has 0 aliphatic carbocycles. The van der Waals surface area contributed by atoms with Crippen molar-refractivity contribution in [2.75, 3.05) is 5.32 Å². The molecule has 4 rings (SSSR count). The molecule has 33 heavy (non-hydrogen) atoms. The SMILES string of the molecule is O=C(Cn1c(=O)n(Cc2cccs2)c(=O)c2ncccc21)Nc1ccc(OC(F)(F)F)cc1. The van der Waals surface area contributed by atoms with Crippen LogP contribution in [0.2, 0.25) is 0 Å². The van der Waals surface area contributed by atoms with Gasteiger partial charge in [0.1, 0.15) is 12.3 Å². The molecule has 0 atom stereocenters. The molecule has 0 fully saturated rings. The number of carbonyl (C=O) groups is 1. The topological polar surface area (TPSA) is 95.2 Å². The van der Waals surface area contributed by atoms with Crippen LogP contribution in [0.5, 0.6) is 5.75 Å². The van der Waals surface area contributed by atoms with Crippen molar-refractivity contribution in [1.82, 2.24) is 14.1 Å². The van der Waals surface area contributed by atoms with E-state index in [-0.39, 0.29) is 23.3 Å². The minimum absolute atomic E-state index is 0.0319. The quantitative estimate of drug-likeness (QED) is 0.461. The molecular weight excluding hydrogens is 461 g/mol. The lowest BCUT2D eigenvalue weighted by molar-refractivity contribution is -0.274. The van der Waals surface area contributed by atoms with Crippen LogP contribution in [0.3, 0.4) is 0 Å². The van der Waals surface area contributed by atoms with Crippen LogP contribution in [0.15, 0.2) is 69.7 Å². The van der Waals surface area contributed by atoms with Crippen LogP contribution in [0, 0.1) is 0 Å². The first-order valence-electron chi connectivity index (χ1n) is 9.48. The molecule has 0 bridgehead atoms. The van der Waals surface area contributed by atoms with E-state index < -0.39 is 35.8 Å². The Bertz CT molecular complexity index is 1410. The molecule has 0 spiro atoms. The first kappa shape index (κ1) is 22.3. The van der Waals surface area contributed by atoms with Crippen molar-refractivity contribution < 1.29 is 22.7 Å². The lowest BCUT2D eigenvalue weighted by Crippen LogP contribution is -2.42. The zero-order valence-electron chi connectivity index (χ0n) is 16.7. The summed E-state index contributed by atoms with van der Waals surface area (Å²) in [5.41, 5.74) is -0.815. The Balaban J connectivity index is 1.62. The van der Waals surface area contributed by atoms with Gasteiger partial charge >= 0.3 is 12.1 Å². The number of ether oxygens (including phenoxy) is 1. The van der Waals surface area contributed by atoms with Gasteiger partial charge in [-0.05, 0) is 47.8 Å². The van der Waals surface area contributed by atoms with E-state index in [1.807, 2.05) is 5.38 Å². The van der Waals surface area contributed by atoms with Crippen LogP contribution in [-0.4, -0.2) is 26.4 Å². The molecule has 0 radical (unpaired) electrons. The van der Waals surface area contributed by atoms with Gasteiger partial charge in [-0.15, -0.1) is 24.5 Å². The number of thiophene rings is 1. The maximum Gasteiger partial charge on any atom is 0.573 e. The zero-order chi connectivity index (χ0) is 23.6. The lowest BCUT2D eigenvalue weighted by atomic mass is 10.3. The van der Waals surface area contributed by atoms with Crippen LogP contribution in [0.25, 0.3) is 11.0 Å². The average molecular weight is 476 g/mol. The Morgan fingerprint density at radius 3 is 2.48 bits per heavy atom. The molecule has 0 saturated heterocycles. The number of aromatic nitrogens is 3. The van der Waals surface area contributed by atoms with Crippen LogP contribution in [-0.2, 0) is 17.9 Å². The van der Waals surface area contributed by atoms with Crippen LogP contribution >= 0.6 is 11.3 Å². The van der Waals surface area contributed by atoms with Gasteiger partial charge in [-0.3, -0.25) is 18.7 Å². The number of nitrogens with zero attached hydrogens (tertiary/aromatic N) is 3. The highest BCUT2D eigenvalue weighted by Gasteiger charge is 2.31. The van der Waals surface area contributed by atoms with E-state index >= 15 is 0 Å². The second-order valence-electron chi connectivity index (χ2n) is 6.83. The fraction of sp³-hybridized carbons (Fsp3) is 0.143. The number of amides is 1. The van der Waals surface area contributed by atoms with Gasteiger partial charge in [-0.1, -0.05) is 6.07 Å². The first-order valence-corrected chi connectivity index (χ1v) is 10.4. The van der Waals surface area contributed by atoms with E-state index in [0.717, 1.165) is 26.1 Å². The third-order valence-corrected chi connectivity index (χ3v) is 5.42. The second-order valence-corrected chi connectivity index (χ2v) is 7.86. The summed E-state index contributed by atoms with van der Waals surface area (Å²) < 4.78 is 42.8. The van der Waals surface area contributed by atoms with Gasteiger partial charge in [0, 0.05) is 16.8 Å². The number of benzene rings is 1. The highest BCUT2D eigenvalue weighted by Crippen LogP contribution is 2.24. The van der Waals surface area contributed by atoms with Crippen molar-refractivity contribution in [2.24, 2.45) is 0 Å². The molecule has 3 aromatic heterocycles. The van der Waals surface area contributed by atoms with E-state index in [0.29, 0.717) is 0 Å². The zero-order valence-corrected chi connectivity index (χ0v) is 17.5. The summed E-state index contributed by atoms with van der Waals surface area (Å²) in [5.74, 6) is -1.05. The van der Waals surface area contributed by atoms with E-state index in [9.17, 15) is 27.6 Å². The number of alkyl halides is 3. The molecule has 1 N–H and O–H groups in total. The second kappa shape index (κ2) is 8.90. The Labute approximate surface area is 187 Å². The Morgan fingerprint density at radius 1 is 1.06 bits per heavy atom. The van der Waals surface area contributed by atoms with Crippen molar-refractivity contribution in [1.29, 1.82) is 0 Å². The number of halogens is 3. The Morgan fingerprint density at radius 2 is 1.82 bits per heavy atom. The fourth-order valence-corrected chi connectivity index (χ4v) is 3.87. The number of rotatable bonds is 6. The highest BCUT2D eigenvalue weighted by atomic mass is 32.1. The monoisotopic (exact) mass is 476 g/mol. The van der Waals surface area contributed by atoms with Crippen molar-refractivity contribution in [3.63, 3.8) is 0 Å². The van der Waals surface area contributed by atoms with Crippen LogP contribution < -0.4 is 21.3 Å². The number of hydrogen-bond acceptors (Lipinski definition) is 6. The Hall–Kier alpha value is -3.93. The molecule has 3 heterocycles. The van der Waals surface area contributed by atoms with Crippen LogP contribution in [0.1, 0.15) is 4.88 Å². The third-order valence-electron chi connectivity index (χ3n) is 4.55. The lowest BCUT2D eigenvalue weighted by Gasteiger charge is -2.14. The summed E-state index contributed by atoms with van der Waals surface area (Å²) in [4.78, 5) is 43.4. The predicted molar refractivity (Wildman–Crippen MR) is 115 cm³/mol. The molecular formula is C21H15F3N4O4S. The van der Waals surface area contributed by atoms with Crippen molar-refractivity contribution in [3.05, 3.63) is 85.8 Å². The predicted octanol–water partition coefficient (Wildman–Crippen LogP) is 3.21. The van der Waals surface area contributed by atoms with Gasteiger partial charge in [0.2, 0.25) is 5.91 Å². The third kappa shape index (κ3) is 5.12. The van der Waals surface area contributed by atoms with E-state index in [1.165, 1.54) is 35.7 Å². The fourth-order valence-electron chi connectivity index (χ4n) is 3.18. The van der Waals surface area contributed by atoms with Crippen LogP contribution in [0.4, 0.5) is 18.9 Å². The molecule has 0 aliphatic heterocycles. The van der Waals surface area contributed by atoms with Crippen molar-refractivity contribution in [2.45, 2.75) is 19.5 Å². The minimum atomic E-state index is -4.83. The molecule has 170 valence electrons. The number of fused-ring (bicyclic) bond motifs is 1. The maximum atomic E-state index is 13.1. The highest BCUT2D eigenvalue weighted by molar-refractivity contribution is 7.09. The molecule has 12 heteroatoms. The van der Waals surface area contributed by atoms with E-state index in [1.54, 1.807) is 18.2 Å². The molecule has 4 aromatic rings. The molecule has 0 saturated carbocycles. The van der Waals surface area contributed by atoms with Gasteiger partial charge in [-0.2, -0.15) is 0 Å².